The van der Waals surface area contributed by atoms with E-state index < -0.39 is 24.3 Å². The first-order chi connectivity index (χ1) is 46.6. The van der Waals surface area contributed by atoms with Crippen molar-refractivity contribution in [1.82, 2.24) is 0 Å². The Balaban J connectivity index is 3.91. The molecule has 0 aliphatic heterocycles. The van der Waals surface area contributed by atoms with Gasteiger partial charge < -0.3 is 33.3 Å². The van der Waals surface area contributed by atoms with Crippen LogP contribution in [0, 0.1) is 0 Å². The number of hydrogen-bond acceptors (Lipinski definition) is 8. The number of esters is 2. The predicted molar refractivity (Wildman–Crippen MR) is 408 cm³/mol. The molecule has 0 aliphatic carbocycles. The molecule has 0 spiro atoms. The Morgan fingerprint density at radius 1 is 0.316 bits per heavy atom. The number of carbonyl (C=O) groups excluding carboxylic acids is 3. The van der Waals surface area contributed by atoms with Crippen molar-refractivity contribution in [2.75, 3.05) is 47.5 Å². The molecule has 0 saturated carbocycles. The van der Waals surface area contributed by atoms with Gasteiger partial charge in [0.05, 0.1) is 40.3 Å². The summed E-state index contributed by atoms with van der Waals surface area (Å²) in [5.41, 5.74) is 0. The Kier molecular flexibility index (Phi) is 75.7. The van der Waals surface area contributed by atoms with Crippen molar-refractivity contribution in [3.05, 3.63) is 24.3 Å². The zero-order valence-corrected chi connectivity index (χ0v) is 64.6. The van der Waals surface area contributed by atoms with E-state index in [9.17, 15) is 19.5 Å². The second-order valence-corrected chi connectivity index (χ2v) is 30.5. The third-order valence-electron chi connectivity index (χ3n) is 19.7. The van der Waals surface area contributed by atoms with Crippen LogP contribution in [0.4, 0.5) is 0 Å². The number of likely N-dealkylation sites (N-methyl/N-ethyl adjacent to an activating group) is 1. The number of aliphatic carboxylic acids is 1. The fourth-order valence-corrected chi connectivity index (χ4v) is 13.2. The molecule has 0 aliphatic rings. The van der Waals surface area contributed by atoms with Gasteiger partial charge in [-0.1, -0.05) is 417 Å². The molecule has 562 valence electrons. The smallest absolute Gasteiger partial charge is 0.306 e. The van der Waals surface area contributed by atoms with Gasteiger partial charge in [0.1, 0.15) is 13.2 Å². The molecule has 0 aromatic heterocycles. The van der Waals surface area contributed by atoms with E-state index in [1.165, 1.54) is 379 Å². The molecule has 0 aromatic rings. The Hall–Kier alpha value is -2.23. The molecular weight excluding hydrogens is 1170 g/mol. The highest BCUT2D eigenvalue weighted by atomic mass is 16.7. The highest BCUT2D eigenvalue weighted by molar-refractivity contribution is 5.70. The van der Waals surface area contributed by atoms with Crippen LogP contribution >= 0.6 is 0 Å². The van der Waals surface area contributed by atoms with Gasteiger partial charge >= 0.3 is 11.9 Å². The van der Waals surface area contributed by atoms with E-state index in [1.807, 2.05) is 21.1 Å². The summed E-state index contributed by atoms with van der Waals surface area (Å²) in [6.07, 6.45) is 96.2. The van der Waals surface area contributed by atoms with Crippen molar-refractivity contribution >= 4 is 17.9 Å². The Bertz CT molecular complexity index is 1610. The molecule has 0 saturated heterocycles. The van der Waals surface area contributed by atoms with Crippen LogP contribution in [0.3, 0.4) is 0 Å². The van der Waals surface area contributed by atoms with Crippen LogP contribution in [-0.2, 0) is 33.3 Å². The Labute approximate surface area is 592 Å². The molecule has 0 heterocycles. The Morgan fingerprint density at radius 3 is 0.832 bits per heavy atom. The highest BCUT2D eigenvalue weighted by Crippen LogP contribution is 2.21. The molecule has 0 fully saturated rings. The normalized spacial score (nSPS) is 12.6. The minimum absolute atomic E-state index is 0.153. The lowest BCUT2D eigenvalue weighted by atomic mass is 10.0. The van der Waals surface area contributed by atoms with Crippen molar-refractivity contribution in [1.29, 1.82) is 0 Å². The van der Waals surface area contributed by atoms with E-state index >= 15 is 0 Å². The molecule has 0 aromatic carbocycles. The molecule has 9 heteroatoms. The molecule has 0 radical (unpaired) electrons. The fraction of sp³-hybridized carbons (Fsp3) is 0.919. The lowest BCUT2D eigenvalue weighted by molar-refractivity contribution is -0.870. The van der Waals surface area contributed by atoms with Crippen molar-refractivity contribution in [2.45, 2.75) is 463 Å². The highest BCUT2D eigenvalue weighted by Gasteiger charge is 2.22. The second kappa shape index (κ2) is 77.5. The number of carbonyl (C=O) groups is 3. The second-order valence-electron chi connectivity index (χ2n) is 30.5. The van der Waals surface area contributed by atoms with Gasteiger partial charge in [-0.3, -0.25) is 9.59 Å². The van der Waals surface area contributed by atoms with E-state index in [0.717, 1.165) is 44.9 Å². The number of nitrogens with zero attached hydrogens (tertiary/aromatic N) is 1. The number of unbranched alkanes of at least 4 members (excludes halogenated alkanes) is 62. The maximum Gasteiger partial charge on any atom is 0.306 e. The first-order valence-corrected chi connectivity index (χ1v) is 42.5. The van der Waals surface area contributed by atoms with Gasteiger partial charge in [0.2, 0.25) is 0 Å². The first-order valence-electron chi connectivity index (χ1n) is 42.5. The number of carboxylic acid groups (broad SMARTS) is 1. The van der Waals surface area contributed by atoms with E-state index in [0.29, 0.717) is 17.4 Å². The van der Waals surface area contributed by atoms with E-state index in [1.54, 1.807) is 0 Å². The molecular formula is C86H165NO8. The number of carboxylic acids is 1. The summed E-state index contributed by atoms with van der Waals surface area (Å²) in [5, 5.41) is 11.9. The number of ether oxygens (including phenoxy) is 4. The maximum atomic E-state index is 13.0. The number of hydrogen-bond donors (Lipinski definition) is 0. The van der Waals surface area contributed by atoms with Crippen LogP contribution in [0.5, 0.6) is 0 Å². The molecule has 0 bridgehead atoms. The first kappa shape index (κ1) is 92.8. The van der Waals surface area contributed by atoms with Gasteiger partial charge in [-0.15, -0.1) is 0 Å². The summed E-state index contributed by atoms with van der Waals surface area (Å²) in [6.45, 7) is 4.84. The summed E-state index contributed by atoms with van der Waals surface area (Å²) >= 11 is 0. The van der Waals surface area contributed by atoms with Gasteiger partial charge in [-0.2, -0.15) is 0 Å². The average molecular weight is 1340 g/mol. The Morgan fingerprint density at radius 2 is 0.568 bits per heavy atom. The third kappa shape index (κ3) is 79.0. The monoisotopic (exact) mass is 1340 g/mol. The van der Waals surface area contributed by atoms with Crippen molar-refractivity contribution < 1.29 is 42.9 Å². The zero-order chi connectivity index (χ0) is 69.0. The van der Waals surface area contributed by atoms with E-state index in [4.69, 9.17) is 18.9 Å². The zero-order valence-electron chi connectivity index (χ0n) is 64.6. The summed E-state index contributed by atoms with van der Waals surface area (Å²) < 4.78 is 22.9. The van der Waals surface area contributed by atoms with Crippen LogP contribution in [0.1, 0.15) is 450 Å². The topological polar surface area (TPSA) is 111 Å². The average Bonchev–Trinajstić information content (AvgIpc) is 2.92. The van der Waals surface area contributed by atoms with Gasteiger partial charge in [0.15, 0.2) is 12.4 Å². The minimum atomic E-state index is -1.62. The number of quaternary nitrogens is 1. The van der Waals surface area contributed by atoms with Gasteiger partial charge in [0, 0.05) is 12.8 Å². The van der Waals surface area contributed by atoms with Crippen LogP contribution in [0.25, 0.3) is 0 Å². The molecule has 2 unspecified atom stereocenters. The quantitative estimate of drug-likeness (QED) is 0.0195. The van der Waals surface area contributed by atoms with Crippen LogP contribution in [0.2, 0.25) is 0 Å². The lowest BCUT2D eigenvalue weighted by Crippen LogP contribution is -2.44. The molecule has 95 heavy (non-hydrogen) atoms. The van der Waals surface area contributed by atoms with Crippen LogP contribution in [0.15, 0.2) is 24.3 Å². The van der Waals surface area contributed by atoms with Gasteiger partial charge in [0.25, 0.3) is 0 Å². The van der Waals surface area contributed by atoms with Gasteiger partial charge in [-0.25, -0.2) is 0 Å². The minimum Gasteiger partial charge on any atom is -0.545 e. The SMILES string of the molecule is CCCCCCC/C=C\C/C=C\CCCCCCCCCCCCCCCCCCCCCCCCCCCCCC(=O)OC(COC(=O)CCCCCCCCCCCCCCCCCCCCCCCCCCCCCCCCC)COC(OCC[N+](C)(C)C)C(=O)[O-]. The van der Waals surface area contributed by atoms with E-state index in [2.05, 4.69) is 38.2 Å². The van der Waals surface area contributed by atoms with Crippen molar-refractivity contribution in [3.8, 4) is 0 Å². The lowest BCUT2D eigenvalue weighted by Gasteiger charge is -2.26. The molecule has 0 N–H and O–H groups in total. The molecule has 0 amide bonds. The third-order valence-corrected chi connectivity index (χ3v) is 19.7. The van der Waals surface area contributed by atoms with E-state index in [-0.39, 0.29) is 32.2 Å². The molecule has 9 nitrogen and oxygen atoms in total. The summed E-state index contributed by atoms with van der Waals surface area (Å²) in [7, 11) is 5.96. The van der Waals surface area contributed by atoms with Crippen molar-refractivity contribution in [3.63, 3.8) is 0 Å². The predicted octanol–water partition coefficient (Wildman–Crippen LogP) is 25.9. The fourth-order valence-electron chi connectivity index (χ4n) is 13.2. The maximum absolute atomic E-state index is 13.0. The molecule has 0 rings (SSSR count). The summed E-state index contributed by atoms with van der Waals surface area (Å²) in [6, 6.07) is 0. The summed E-state index contributed by atoms with van der Waals surface area (Å²) in [4.78, 5) is 37.6. The molecule has 2 atom stereocenters. The van der Waals surface area contributed by atoms with Crippen LogP contribution < -0.4 is 5.11 Å². The van der Waals surface area contributed by atoms with Gasteiger partial charge in [-0.05, 0) is 44.9 Å². The standard InChI is InChI=1S/C86H165NO8/c1-6-8-10-12-14-16-18-20-22-24-26-28-30-32-34-36-38-39-40-41-42-43-44-45-47-49-51-53-55-57-59-61-63-65-67-69-71-73-75-77-84(89)95-82(81-94-86(85(90)91)92-79-78-87(3,4)5)80-93-83(88)76-74-72-70-68-66-64-62-60-58-56-54-52-50-48-46-37-35-33-31-29-27-25-23-21-19-17-15-13-11-9-7-2/h18,20,24,26,82,86H,6-17,19,21-23,25,27-81H2,1-5H3/b20-18-,26-24-. The largest absolute Gasteiger partial charge is 0.545 e. The van der Waals surface area contributed by atoms with Crippen LogP contribution in [-0.4, -0.2) is 82.3 Å². The number of rotatable bonds is 81. The van der Waals surface area contributed by atoms with Crippen molar-refractivity contribution in [2.24, 2.45) is 0 Å². The number of allylic oxidation sites excluding steroid dienone is 4. The summed E-state index contributed by atoms with van der Waals surface area (Å²) in [5.74, 6) is -2.24.